The third-order valence-corrected chi connectivity index (χ3v) is 1.61. The number of halogens is 1. The molecule has 3 nitrogen and oxygen atoms in total. The second-order valence-electron chi connectivity index (χ2n) is 2.28. The largest absolute Gasteiger partial charge is 0.478 e. The van der Waals surface area contributed by atoms with Crippen LogP contribution in [-0.4, -0.2) is 21.9 Å². The molecular weight excluding hydrogens is 178 g/mol. The molecular formula is C8H8ClNO2. The summed E-state index contributed by atoms with van der Waals surface area (Å²) in [7, 11) is 0. The molecule has 0 unspecified atom stereocenters. The van der Waals surface area contributed by atoms with Crippen molar-refractivity contribution in [1.29, 1.82) is 0 Å². The Morgan fingerprint density at radius 3 is 2.75 bits per heavy atom. The maximum absolute atomic E-state index is 10.4. The number of nitrogens with zero attached hydrogens (tertiary/aromatic N) is 1. The number of aromatic carboxylic acids is 1. The van der Waals surface area contributed by atoms with Crippen molar-refractivity contribution in [2.75, 3.05) is 5.88 Å². The van der Waals surface area contributed by atoms with Gasteiger partial charge in [0.2, 0.25) is 0 Å². The van der Waals surface area contributed by atoms with Crippen LogP contribution >= 0.6 is 11.6 Å². The van der Waals surface area contributed by atoms with Crippen LogP contribution in [0.15, 0.2) is 18.3 Å². The van der Waals surface area contributed by atoms with E-state index in [1.807, 2.05) is 0 Å². The number of hydrogen-bond donors (Lipinski definition) is 1. The first kappa shape index (κ1) is 9.00. The number of rotatable bonds is 3. The molecule has 0 spiro atoms. The third-order valence-electron chi connectivity index (χ3n) is 1.42. The van der Waals surface area contributed by atoms with Crippen molar-refractivity contribution >= 4 is 17.6 Å². The van der Waals surface area contributed by atoms with Crippen LogP contribution in [0, 0.1) is 0 Å². The molecule has 0 amide bonds. The van der Waals surface area contributed by atoms with Crippen molar-refractivity contribution < 1.29 is 9.90 Å². The topological polar surface area (TPSA) is 50.2 Å². The van der Waals surface area contributed by atoms with E-state index in [0.717, 1.165) is 5.69 Å². The number of carboxylic acid groups (broad SMARTS) is 1. The Labute approximate surface area is 75.0 Å². The van der Waals surface area contributed by atoms with E-state index in [1.165, 1.54) is 12.3 Å². The van der Waals surface area contributed by atoms with E-state index in [-0.39, 0.29) is 5.56 Å². The fourth-order valence-corrected chi connectivity index (χ4v) is 0.989. The van der Waals surface area contributed by atoms with Gasteiger partial charge in [0, 0.05) is 24.2 Å². The van der Waals surface area contributed by atoms with Crippen LogP contribution < -0.4 is 0 Å². The minimum absolute atomic E-state index is 0.202. The van der Waals surface area contributed by atoms with Gasteiger partial charge in [-0.3, -0.25) is 4.98 Å². The lowest BCUT2D eigenvalue weighted by Crippen LogP contribution is -1.98. The molecule has 1 aromatic heterocycles. The molecule has 0 radical (unpaired) electrons. The molecule has 0 bridgehead atoms. The predicted octanol–water partition coefficient (Wildman–Crippen LogP) is 1.56. The molecule has 0 aromatic carbocycles. The van der Waals surface area contributed by atoms with Gasteiger partial charge in [-0.15, -0.1) is 11.6 Å². The molecule has 0 aliphatic rings. The number of carboxylic acids is 1. The van der Waals surface area contributed by atoms with Crippen LogP contribution in [-0.2, 0) is 6.42 Å². The van der Waals surface area contributed by atoms with Gasteiger partial charge in [0.15, 0.2) is 0 Å². The molecule has 1 heterocycles. The fraction of sp³-hybridized carbons (Fsp3) is 0.250. The van der Waals surface area contributed by atoms with Crippen molar-refractivity contribution in [3.63, 3.8) is 0 Å². The van der Waals surface area contributed by atoms with Crippen molar-refractivity contribution in [2.45, 2.75) is 6.42 Å². The van der Waals surface area contributed by atoms with E-state index in [2.05, 4.69) is 4.98 Å². The Bertz CT molecular complexity index is 271. The van der Waals surface area contributed by atoms with Crippen LogP contribution in [0.25, 0.3) is 0 Å². The molecule has 64 valence electrons. The van der Waals surface area contributed by atoms with Gasteiger partial charge in [-0.25, -0.2) is 4.79 Å². The highest BCUT2D eigenvalue weighted by Crippen LogP contribution is 2.01. The first-order valence-electron chi connectivity index (χ1n) is 3.48. The molecule has 12 heavy (non-hydrogen) atoms. The Morgan fingerprint density at radius 1 is 1.58 bits per heavy atom. The summed E-state index contributed by atoms with van der Waals surface area (Å²) in [6, 6.07) is 3.20. The highest BCUT2D eigenvalue weighted by molar-refractivity contribution is 6.17. The molecule has 1 rings (SSSR count). The highest BCUT2D eigenvalue weighted by atomic mass is 35.5. The standard InChI is InChI=1S/C8H8ClNO2/c9-4-3-7-2-1-6(5-10-7)8(11)12/h1-2,5H,3-4H2,(H,11,12). The number of aryl methyl sites for hydroxylation is 1. The summed E-state index contributed by atoms with van der Waals surface area (Å²) < 4.78 is 0. The molecule has 0 aliphatic carbocycles. The smallest absolute Gasteiger partial charge is 0.337 e. The Balaban J connectivity index is 2.78. The summed E-state index contributed by atoms with van der Waals surface area (Å²) in [5.74, 6) is -0.459. The molecule has 1 aromatic rings. The van der Waals surface area contributed by atoms with E-state index in [4.69, 9.17) is 16.7 Å². The summed E-state index contributed by atoms with van der Waals surface area (Å²) >= 11 is 5.48. The fourth-order valence-electron chi connectivity index (χ4n) is 0.796. The minimum atomic E-state index is -0.958. The van der Waals surface area contributed by atoms with Gasteiger partial charge in [0.25, 0.3) is 0 Å². The molecule has 1 N–H and O–H groups in total. The van der Waals surface area contributed by atoms with Crippen molar-refractivity contribution in [1.82, 2.24) is 4.98 Å². The zero-order valence-corrected chi connectivity index (χ0v) is 7.08. The van der Waals surface area contributed by atoms with E-state index in [1.54, 1.807) is 6.07 Å². The SMILES string of the molecule is O=C(O)c1ccc(CCCl)nc1. The maximum Gasteiger partial charge on any atom is 0.337 e. The lowest BCUT2D eigenvalue weighted by molar-refractivity contribution is 0.0696. The maximum atomic E-state index is 10.4. The Kier molecular flexibility index (Phi) is 3.05. The van der Waals surface area contributed by atoms with Crippen LogP contribution in [0.2, 0.25) is 0 Å². The number of alkyl halides is 1. The van der Waals surface area contributed by atoms with E-state index in [9.17, 15) is 4.79 Å². The molecule has 0 saturated heterocycles. The Hall–Kier alpha value is -1.09. The van der Waals surface area contributed by atoms with Gasteiger partial charge in [0.1, 0.15) is 0 Å². The highest BCUT2D eigenvalue weighted by Gasteiger charge is 2.01. The summed E-state index contributed by atoms with van der Waals surface area (Å²) in [6.45, 7) is 0. The van der Waals surface area contributed by atoms with E-state index < -0.39 is 5.97 Å². The third kappa shape index (κ3) is 2.20. The zero-order chi connectivity index (χ0) is 8.97. The van der Waals surface area contributed by atoms with Crippen LogP contribution in [0.3, 0.4) is 0 Å². The van der Waals surface area contributed by atoms with Crippen molar-refractivity contribution in [3.05, 3.63) is 29.6 Å². The summed E-state index contributed by atoms with van der Waals surface area (Å²) in [5.41, 5.74) is 1.02. The van der Waals surface area contributed by atoms with Crippen LogP contribution in [0.1, 0.15) is 16.1 Å². The summed E-state index contributed by atoms with van der Waals surface area (Å²) in [6.07, 6.45) is 2.01. The molecule has 0 aliphatic heterocycles. The van der Waals surface area contributed by atoms with Crippen molar-refractivity contribution in [3.8, 4) is 0 Å². The van der Waals surface area contributed by atoms with Gasteiger partial charge in [0.05, 0.1) is 5.56 Å². The predicted molar refractivity (Wildman–Crippen MR) is 45.6 cm³/mol. The molecule has 0 fully saturated rings. The molecule has 4 heteroatoms. The summed E-state index contributed by atoms with van der Waals surface area (Å²) in [4.78, 5) is 14.3. The van der Waals surface area contributed by atoms with Crippen molar-refractivity contribution in [2.24, 2.45) is 0 Å². The average molecular weight is 186 g/mol. The monoisotopic (exact) mass is 185 g/mol. The number of aromatic nitrogens is 1. The van der Waals surface area contributed by atoms with Crippen LogP contribution in [0.5, 0.6) is 0 Å². The number of hydrogen-bond acceptors (Lipinski definition) is 2. The first-order chi connectivity index (χ1) is 5.74. The van der Waals surface area contributed by atoms with Gasteiger partial charge < -0.3 is 5.11 Å². The Morgan fingerprint density at radius 2 is 2.33 bits per heavy atom. The van der Waals surface area contributed by atoms with E-state index in [0.29, 0.717) is 12.3 Å². The quantitative estimate of drug-likeness (QED) is 0.728. The number of pyridine rings is 1. The van der Waals surface area contributed by atoms with Gasteiger partial charge in [-0.2, -0.15) is 0 Å². The first-order valence-corrected chi connectivity index (χ1v) is 4.01. The zero-order valence-electron chi connectivity index (χ0n) is 6.33. The van der Waals surface area contributed by atoms with Gasteiger partial charge in [-0.1, -0.05) is 0 Å². The molecule has 0 saturated carbocycles. The van der Waals surface area contributed by atoms with Crippen LogP contribution in [0.4, 0.5) is 0 Å². The van der Waals surface area contributed by atoms with Gasteiger partial charge >= 0.3 is 5.97 Å². The minimum Gasteiger partial charge on any atom is -0.478 e. The number of carbonyl (C=O) groups is 1. The summed E-state index contributed by atoms with van der Waals surface area (Å²) in [5, 5.41) is 8.54. The molecule has 0 atom stereocenters. The average Bonchev–Trinajstić information content (AvgIpc) is 2.06. The lowest BCUT2D eigenvalue weighted by Gasteiger charge is -1.96. The second-order valence-corrected chi connectivity index (χ2v) is 2.66. The second kappa shape index (κ2) is 4.07. The lowest BCUT2D eigenvalue weighted by atomic mass is 10.2. The normalized spacial score (nSPS) is 9.75. The van der Waals surface area contributed by atoms with E-state index >= 15 is 0 Å². The van der Waals surface area contributed by atoms with Gasteiger partial charge in [-0.05, 0) is 12.1 Å².